The highest BCUT2D eigenvalue weighted by Gasteiger charge is 2.00. The molecular formula is C15H14O3. The second-order valence-corrected chi connectivity index (χ2v) is 3.82. The third-order valence-corrected chi connectivity index (χ3v) is 2.59. The molecule has 0 heterocycles. The molecule has 2 rings (SSSR count). The van der Waals surface area contributed by atoms with E-state index in [4.69, 9.17) is 4.74 Å². The average Bonchev–Trinajstić information content (AvgIpc) is 2.40. The lowest BCUT2D eigenvalue weighted by Crippen LogP contribution is -1.85. The van der Waals surface area contributed by atoms with Crippen LogP contribution in [0.1, 0.15) is 11.1 Å². The second kappa shape index (κ2) is 5.27. The van der Waals surface area contributed by atoms with E-state index in [0.717, 1.165) is 11.3 Å². The van der Waals surface area contributed by atoms with E-state index in [1.165, 1.54) is 18.2 Å². The van der Waals surface area contributed by atoms with Gasteiger partial charge in [0.25, 0.3) is 0 Å². The van der Waals surface area contributed by atoms with Gasteiger partial charge in [-0.2, -0.15) is 0 Å². The molecule has 2 N–H and O–H groups in total. The minimum Gasteiger partial charge on any atom is -0.508 e. The van der Waals surface area contributed by atoms with Gasteiger partial charge in [0.2, 0.25) is 0 Å². The monoisotopic (exact) mass is 242 g/mol. The first-order chi connectivity index (χ1) is 8.70. The molecule has 0 aliphatic rings. The summed E-state index contributed by atoms with van der Waals surface area (Å²) >= 11 is 0. The molecule has 92 valence electrons. The zero-order valence-electron chi connectivity index (χ0n) is 10.00. The van der Waals surface area contributed by atoms with Crippen molar-refractivity contribution in [1.29, 1.82) is 0 Å². The van der Waals surface area contributed by atoms with E-state index >= 15 is 0 Å². The van der Waals surface area contributed by atoms with E-state index in [0.29, 0.717) is 5.56 Å². The lowest BCUT2D eigenvalue weighted by atomic mass is 10.1. The Morgan fingerprint density at radius 2 is 1.67 bits per heavy atom. The predicted octanol–water partition coefficient (Wildman–Crippen LogP) is 3.28. The van der Waals surface area contributed by atoms with Gasteiger partial charge in [-0.05, 0) is 24.3 Å². The quantitative estimate of drug-likeness (QED) is 0.641. The number of phenols is 2. The fourth-order valence-electron chi connectivity index (χ4n) is 1.66. The Hall–Kier alpha value is -2.42. The molecule has 0 fully saturated rings. The first-order valence-corrected chi connectivity index (χ1v) is 5.54. The van der Waals surface area contributed by atoms with Crippen LogP contribution in [-0.2, 0) is 0 Å². The van der Waals surface area contributed by atoms with E-state index in [-0.39, 0.29) is 11.5 Å². The smallest absolute Gasteiger partial charge is 0.126 e. The highest BCUT2D eigenvalue weighted by Crippen LogP contribution is 2.26. The number of rotatable bonds is 3. The molecule has 0 saturated carbocycles. The van der Waals surface area contributed by atoms with Crippen LogP contribution in [0.3, 0.4) is 0 Å². The lowest BCUT2D eigenvalue weighted by molar-refractivity contribution is 0.414. The summed E-state index contributed by atoms with van der Waals surface area (Å²) < 4.78 is 5.22. The van der Waals surface area contributed by atoms with Crippen molar-refractivity contribution in [1.82, 2.24) is 0 Å². The predicted molar refractivity (Wildman–Crippen MR) is 71.7 cm³/mol. The highest BCUT2D eigenvalue weighted by molar-refractivity contribution is 5.75. The molecule has 0 amide bonds. The molecule has 0 unspecified atom stereocenters. The maximum atomic E-state index is 9.65. The van der Waals surface area contributed by atoms with Crippen LogP contribution in [-0.4, -0.2) is 17.3 Å². The van der Waals surface area contributed by atoms with Gasteiger partial charge in [0, 0.05) is 11.1 Å². The van der Waals surface area contributed by atoms with Crippen LogP contribution in [0.15, 0.2) is 42.5 Å². The van der Waals surface area contributed by atoms with Gasteiger partial charge in [-0.1, -0.05) is 30.4 Å². The fraction of sp³-hybridized carbons (Fsp3) is 0.0667. The van der Waals surface area contributed by atoms with Crippen molar-refractivity contribution in [3.05, 3.63) is 53.6 Å². The van der Waals surface area contributed by atoms with Crippen LogP contribution < -0.4 is 4.74 Å². The largest absolute Gasteiger partial charge is 0.508 e. The van der Waals surface area contributed by atoms with Gasteiger partial charge < -0.3 is 14.9 Å². The molecule has 0 saturated heterocycles. The maximum Gasteiger partial charge on any atom is 0.126 e. The van der Waals surface area contributed by atoms with Crippen LogP contribution in [0.4, 0.5) is 0 Å². The van der Waals surface area contributed by atoms with Gasteiger partial charge >= 0.3 is 0 Å². The van der Waals surface area contributed by atoms with Crippen molar-refractivity contribution >= 4 is 12.2 Å². The topological polar surface area (TPSA) is 49.7 Å². The summed E-state index contributed by atoms with van der Waals surface area (Å²) in [7, 11) is 1.61. The third kappa shape index (κ3) is 2.63. The number of benzene rings is 2. The molecule has 0 aromatic heterocycles. The van der Waals surface area contributed by atoms with Crippen molar-refractivity contribution in [2.24, 2.45) is 0 Å². The Labute approximate surface area is 106 Å². The highest BCUT2D eigenvalue weighted by atomic mass is 16.5. The third-order valence-electron chi connectivity index (χ3n) is 2.59. The number of aromatic hydroxyl groups is 2. The van der Waals surface area contributed by atoms with Crippen LogP contribution in [0.25, 0.3) is 12.2 Å². The SMILES string of the molecule is COc1ccccc1/C=C/c1cc(O)ccc1O. The number of para-hydroxylation sites is 1. The number of phenolic OH excluding ortho intramolecular Hbond substituents is 2. The summed E-state index contributed by atoms with van der Waals surface area (Å²) in [6.07, 6.45) is 3.56. The van der Waals surface area contributed by atoms with Crippen LogP contribution in [0, 0.1) is 0 Å². The summed E-state index contributed by atoms with van der Waals surface area (Å²) in [5.41, 5.74) is 1.46. The summed E-state index contributed by atoms with van der Waals surface area (Å²) in [6.45, 7) is 0. The molecular weight excluding hydrogens is 228 g/mol. The Balaban J connectivity index is 2.33. The normalized spacial score (nSPS) is 10.7. The summed E-state index contributed by atoms with van der Waals surface area (Å²) in [5, 5.41) is 19.0. The molecule has 0 atom stereocenters. The lowest BCUT2D eigenvalue weighted by Gasteiger charge is -2.04. The first-order valence-electron chi connectivity index (χ1n) is 5.54. The molecule has 18 heavy (non-hydrogen) atoms. The van der Waals surface area contributed by atoms with E-state index in [1.54, 1.807) is 13.2 Å². The Bertz CT molecular complexity index is 574. The zero-order valence-corrected chi connectivity index (χ0v) is 10.00. The molecule has 0 aliphatic carbocycles. The van der Waals surface area contributed by atoms with E-state index in [9.17, 15) is 10.2 Å². The number of hydrogen-bond donors (Lipinski definition) is 2. The van der Waals surface area contributed by atoms with Crippen LogP contribution >= 0.6 is 0 Å². The molecule has 0 radical (unpaired) electrons. The van der Waals surface area contributed by atoms with E-state index in [2.05, 4.69) is 0 Å². The van der Waals surface area contributed by atoms with Gasteiger partial charge in [0.1, 0.15) is 17.2 Å². The molecule has 2 aromatic carbocycles. The standard InChI is InChI=1S/C15H14O3/c1-18-15-5-3-2-4-11(15)6-7-12-10-13(16)8-9-14(12)17/h2-10,16-17H,1H3/b7-6+. The maximum absolute atomic E-state index is 9.65. The van der Waals surface area contributed by atoms with Gasteiger partial charge in [-0.25, -0.2) is 0 Å². The minimum absolute atomic E-state index is 0.118. The van der Waals surface area contributed by atoms with Crippen molar-refractivity contribution in [3.63, 3.8) is 0 Å². The summed E-state index contributed by atoms with van der Waals surface area (Å²) in [5.74, 6) is 1.000. The second-order valence-electron chi connectivity index (χ2n) is 3.82. The molecule has 3 heteroatoms. The van der Waals surface area contributed by atoms with E-state index in [1.807, 2.05) is 30.3 Å². The molecule has 2 aromatic rings. The Kier molecular flexibility index (Phi) is 3.53. The van der Waals surface area contributed by atoms with Gasteiger partial charge in [0.05, 0.1) is 7.11 Å². The molecule has 0 aliphatic heterocycles. The molecule has 0 spiro atoms. The number of methoxy groups -OCH3 is 1. The number of hydrogen-bond acceptors (Lipinski definition) is 3. The fourth-order valence-corrected chi connectivity index (χ4v) is 1.66. The Morgan fingerprint density at radius 3 is 2.44 bits per heavy atom. The van der Waals surface area contributed by atoms with Gasteiger partial charge in [-0.3, -0.25) is 0 Å². The van der Waals surface area contributed by atoms with Crippen molar-refractivity contribution in [2.75, 3.05) is 7.11 Å². The van der Waals surface area contributed by atoms with Crippen molar-refractivity contribution in [2.45, 2.75) is 0 Å². The van der Waals surface area contributed by atoms with Gasteiger partial charge in [-0.15, -0.1) is 0 Å². The molecule has 0 bridgehead atoms. The Morgan fingerprint density at radius 1 is 0.944 bits per heavy atom. The van der Waals surface area contributed by atoms with Crippen molar-refractivity contribution < 1.29 is 14.9 Å². The average molecular weight is 242 g/mol. The summed E-state index contributed by atoms with van der Waals surface area (Å²) in [6, 6.07) is 12.0. The molecule has 3 nitrogen and oxygen atoms in total. The van der Waals surface area contributed by atoms with Crippen LogP contribution in [0.5, 0.6) is 17.2 Å². The van der Waals surface area contributed by atoms with E-state index < -0.39 is 0 Å². The summed E-state index contributed by atoms with van der Waals surface area (Å²) in [4.78, 5) is 0. The minimum atomic E-state index is 0.118. The zero-order chi connectivity index (χ0) is 13.0. The van der Waals surface area contributed by atoms with Gasteiger partial charge in [0.15, 0.2) is 0 Å². The van der Waals surface area contributed by atoms with Crippen LogP contribution in [0.2, 0.25) is 0 Å². The first kappa shape index (κ1) is 12.0. The van der Waals surface area contributed by atoms with Crippen molar-refractivity contribution in [3.8, 4) is 17.2 Å². The number of ether oxygens (including phenoxy) is 1.